The monoisotopic (exact) mass is 389 g/mol. The van der Waals surface area contributed by atoms with Crippen LogP contribution in [-0.4, -0.2) is 51.9 Å². The van der Waals surface area contributed by atoms with Gasteiger partial charge in [-0.2, -0.15) is 5.10 Å². The van der Waals surface area contributed by atoms with Crippen LogP contribution in [0.15, 0.2) is 24.3 Å². The van der Waals surface area contributed by atoms with Crippen LogP contribution in [0.1, 0.15) is 32.7 Å². The molecule has 1 aliphatic carbocycles. The summed E-state index contributed by atoms with van der Waals surface area (Å²) >= 11 is 5.66. The van der Waals surface area contributed by atoms with Crippen molar-refractivity contribution < 1.29 is 9.53 Å². The van der Waals surface area contributed by atoms with Crippen molar-refractivity contribution in [3.8, 4) is 17.1 Å². The molecule has 0 bridgehead atoms. The van der Waals surface area contributed by atoms with E-state index in [0.717, 1.165) is 30.0 Å². The van der Waals surface area contributed by atoms with Gasteiger partial charge in [-0.05, 0) is 70.2 Å². The zero-order chi connectivity index (χ0) is 19.6. The van der Waals surface area contributed by atoms with Crippen molar-refractivity contribution in [2.75, 3.05) is 20.7 Å². The summed E-state index contributed by atoms with van der Waals surface area (Å²) in [6.07, 6.45) is 2.18. The van der Waals surface area contributed by atoms with Crippen LogP contribution >= 0.6 is 12.2 Å². The molecule has 1 amide bonds. The maximum atomic E-state index is 12.0. The van der Waals surface area contributed by atoms with Crippen molar-refractivity contribution in [2.24, 2.45) is 0 Å². The standard InChI is InChI=1S/C19H27N5O2S/c1-13(2)24-18(14-5-9-16(26-4)10-6-14)21-23(19(24)27)12-22(3)11-17(25)20-15-7-8-15/h5-6,9-10,13,15H,7-8,11-12H2,1-4H3,(H,20,25). The van der Waals surface area contributed by atoms with Crippen LogP contribution < -0.4 is 10.1 Å². The first kappa shape index (κ1) is 19.6. The zero-order valence-corrected chi connectivity index (χ0v) is 17.1. The molecule has 0 atom stereocenters. The summed E-state index contributed by atoms with van der Waals surface area (Å²) in [7, 11) is 3.55. The van der Waals surface area contributed by atoms with Crippen molar-refractivity contribution in [2.45, 2.75) is 45.4 Å². The van der Waals surface area contributed by atoms with Gasteiger partial charge in [0.1, 0.15) is 5.75 Å². The van der Waals surface area contributed by atoms with E-state index in [4.69, 9.17) is 22.1 Å². The number of hydrogen-bond acceptors (Lipinski definition) is 5. The van der Waals surface area contributed by atoms with E-state index in [1.807, 2.05) is 40.8 Å². The summed E-state index contributed by atoms with van der Waals surface area (Å²) < 4.78 is 9.69. The third kappa shape index (κ3) is 4.75. The van der Waals surface area contributed by atoms with E-state index in [2.05, 4.69) is 19.2 Å². The Kier molecular flexibility index (Phi) is 5.96. The lowest BCUT2D eigenvalue weighted by molar-refractivity contribution is -0.122. The number of benzene rings is 1. The minimum atomic E-state index is 0.0465. The van der Waals surface area contributed by atoms with Crippen LogP contribution in [0.5, 0.6) is 5.75 Å². The van der Waals surface area contributed by atoms with Crippen LogP contribution in [0.2, 0.25) is 0 Å². The molecule has 0 saturated heterocycles. The number of methoxy groups -OCH3 is 1. The number of rotatable bonds is 8. The van der Waals surface area contributed by atoms with Gasteiger partial charge in [-0.15, -0.1) is 0 Å². The van der Waals surface area contributed by atoms with E-state index in [1.165, 1.54) is 0 Å². The van der Waals surface area contributed by atoms with E-state index >= 15 is 0 Å². The summed E-state index contributed by atoms with van der Waals surface area (Å²) in [6, 6.07) is 8.33. The summed E-state index contributed by atoms with van der Waals surface area (Å²) in [5, 5.41) is 7.74. The molecule has 146 valence electrons. The molecule has 2 aromatic rings. The van der Waals surface area contributed by atoms with Crippen molar-refractivity contribution in [1.82, 2.24) is 24.6 Å². The fourth-order valence-corrected chi connectivity index (χ4v) is 3.34. The Bertz CT molecular complexity index is 852. The largest absolute Gasteiger partial charge is 0.497 e. The van der Waals surface area contributed by atoms with Gasteiger partial charge in [0.15, 0.2) is 10.6 Å². The highest BCUT2D eigenvalue weighted by Crippen LogP contribution is 2.24. The minimum absolute atomic E-state index is 0.0465. The van der Waals surface area contributed by atoms with Crippen LogP contribution in [-0.2, 0) is 11.5 Å². The first-order valence-corrected chi connectivity index (χ1v) is 9.61. The number of hydrogen-bond donors (Lipinski definition) is 1. The number of nitrogens with zero attached hydrogens (tertiary/aromatic N) is 4. The van der Waals surface area contributed by atoms with Gasteiger partial charge in [0.2, 0.25) is 5.91 Å². The predicted molar refractivity (Wildman–Crippen MR) is 107 cm³/mol. The molecular formula is C19H27N5O2S. The Labute approximate surface area is 164 Å². The van der Waals surface area contributed by atoms with Crippen LogP contribution in [0.25, 0.3) is 11.4 Å². The first-order valence-electron chi connectivity index (χ1n) is 9.20. The second-order valence-electron chi connectivity index (χ2n) is 7.30. The van der Waals surface area contributed by atoms with Crippen molar-refractivity contribution in [1.29, 1.82) is 0 Å². The lowest BCUT2D eigenvalue weighted by atomic mass is 10.2. The predicted octanol–water partition coefficient (Wildman–Crippen LogP) is 2.84. The number of carbonyl (C=O) groups excluding carboxylic acids is 1. The van der Waals surface area contributed by atoms with Gasteiger partial charge in [-0.25, -0.2) is 4.68 Å². The number of amides is 1. The van der Waals surface area contributed by atoms with Gasteiger partial charge < -0.3 is 10.1 Å². The minimum Gasteiger partial charge on any atom is -0.497 e. The van der Waals surface area contributed by atoms with Crippen LogP contribution in [0, 0.1) is 4.77 Å². The Hall–Kier alpha value is -2.19. The molecule has 1 saturated carbocycles. The van der Waals surface area contributed by atoms with E-state index in [-0.39, 0.29) is 11.9 Å². The van der Waals surface area contributed by atoms with E-state index in [1.54, 1.807) is 11.8 Å². The Morgan fingerprint density at radius 3 is 2.59 bits per heavy atom. The Balaban J connectivity index is 1.80. The van der Waals surface area contributed by atoms with Gasteiger partial charge >= 0.3 is 0 Å². The molecule has 0 unspecified atom stereocenters. The highest BCUT2D eigenvalue weighted by molar-refractivity contribution is 7.71. The zero-order valence-electron chi connectivity index (χ0n) is 16.3. The maximum Gasteiger partial charge on any atom is 0.234 e. The average molecular weight is 390 g/mol. The molecule has 1 N–H and O–H groups in total. The molecule has 1 aliphatic rings. The number of carbonyl (C=O) groups is 1. The maximum absolute atomic E-state index is 12.0. The van der Waals surface area contributed by atoms with E-state index in [9.17, 15) is 4.79 Å². The molecule has 7 nitrogen and oxygen atoms in total. The van der Waals surface area contributed by atoms with E-state index < -0.39 is 0 Å². The topological polar surface area (TPSA) is 64.3 Å². The molecular weight excluding hydrogens is 362 g/mol. The molecule has 1 fully saturated rings. The number of ether oxygens (including phenoxy) is 1. The third-order valence-electron chi connectivity index (χ3n) is 4.47. The second kappa shape index (κ2) is 8.22. The molecule has 27 heavy (non-hydrogen) atoms. The molecule has 3 rings (SSSR count). The number of nitrogens with one attached hydrogen (secondary N) is 1. The van der Waals surface area contributed by atoms with Gasteiger partial charge in [0.25, 0.3) is 0 Å². The van der Waals surface area contributed by atoms with Gasteiger partial charge in [0, 0.05) is 17.6 Å². The summed E-state index contributed by atoms with van der Waals surface area (Å²) in [5.41, 5.74) is 0.975. The molecule has 1 aromatic carbocycles. The van der Waals surface area contributed by atoms with Crippen molar-refractivity contribution >= 4 is 18.1 Å². The van der Waals surface area contributed by atoms with Crippen molar-refractivity contribution in [3.63, 3.8) is 0 Å². The van der Waals surface area contributed by atoms with Gasteiger partial charge in [-0.3, -0.25) is 14.3 Å². The normalized spacial score (nSPS) is 14.0. The average Bonchev–Trinajstić information content (AvgIpc) is 3.37. The molecule has 0 aliphatic heterocycles. The Morgan fingerprint density at radius 1 is 1.37 bits per heavy atom. The summed E-state index contributed by atoms with van der Waals surface area (Å²) in [4.78, 5) is 13.9. The smallest absolute Gasteiger partial charge is 0.234 e. The van der Waals surface area contributed by atoms with Gasteiger partial charge in [0.05, 0.1) is 20.3 Å². The number of likely N-dealkylation sites (N-methyl/N-ethyl adjacent to an activating group) is 1. The summed E-state index contributed by atoms with van der Waals surface area (Å²) in [5.74, 6) is 1.66. The van der Waals surface area contributed by atoms with E-state index in [0.29, 0.717) is 24.0 Å². The highest BCUT2D eigenvalue weighted by Gasteiger charge is 2.24. The number of aromatic nitrogens is 3. The van der Waals surface area contributed by atoms with Crippen molar-refractivity contribution in [3.05, 3.63) is 29.0 Å². The lowest BCUT2D eigenvalue weighted by Gasteiger charge is -2.16. The first-order chi connectivity index (χ1) is 12.9. The highest BCUT2D eigenvalue weighted by atomic mass is 32.1. The van der Waals surface area contributed by atoms with Crippen LogP contribution in [0.4, 0.5) is 0 Å². The second-order valence-corrected chi connectivity index (χ2v) is 7.66. The fraction of sp³-hybridized carbons (Fsp3) is 0.526. The molecule has 0 radical (unpaired) electrons. The molecule has 1 aromatic heterocycles. The van der Waals surface area contributed by atoms with Crippen LogP contribution in [0.3, 0.4) is 0 Å². The SMILES string of the molecule is COc1ccc(-c2nn(CN(C)CC(=O)NC3CC3)c(=S)n2C(C)C)cc1. The quantitative estimate of drug-likeness (QED) is 0.704. The molecule has 8 heteroatoms. The molecule has 0 spiro atoms. The lowest BCUT2D eigenvalue weighted by Crippen LogP contribution is -2.37. The Morgan fingerprint density at radius 2 is 2.04 bits per heavy atom. The summed E-state index contributed by atoms with van der Waals surface area (Å²) in [6.45, 7) is 4.95. The fourth-order valence-electron chi connectivity index (χ4n) is 2.94. The molecule has 1 heterocycles. The van der Waals surface area contributed by atoms with Gasteiger partial charge in [-0.1, -0.05) is 0 Å². The third-order valence-corrected chi connectivity index (χ3v) is 4.87.